The Kier molecular flexibility index (Phi) is 3.12. The fourth-order valence-corrected chi connectivity index (χ4v) is 2.51. The summed E-state index contributed by atoms with van der Waals surface area (Å²) >= 11 is 0. The van der Waals surface area contributed by atoms with E-state index in [1.165, 1.54) is 24.3 Å². The summed E-state index contributed by atoms with van der Waals surface area (Å²) in [6.07, 6.45) is 0. The number of benzene rings is 2. The Morgan fingerprint density at radius 2 is 1.61 bits per heavy atom. The third-order valence-electron chi connectivity index (χ3n) is 2.28. The number of phenols is 2. The van der Waals surface area contributed by atoms with Crippen LogP contribution in [-0.2, 0) is 10.0 Å². The molecule has 0 aliphatic rings. The molecule has 0 amide bonds. The minimum Gasteiger partial charge on any atom is -0.508 e. The Morgan fingerprint density at radius 3 is 2.22 bits per heavy atom. The minimum absolute atomic E-state index is 0.0108. The normalized spacial score (nSPS) is 11.1. The summed E-state index contributed by atoms with van der Waals surface area (Å²) in [5.41, 5.74) is 0.0108. The summed E-state index contributed by atoms with van der Waals surface area (Å²) in [6.45, 7) is 0. The van der Waals surface area contributed by atoms with Gasteiger partial charge in [-0.05, 0) is 24.3 Å². The zero-order valence-corrected chi connectivity index (χ0v) is 10.1. The van der Waals surface area contributed by atoms with Crippen LogP contribution in [0, 0.1) is 0 Å². The second-order valence-corrected chi connectivity index (χ2v) is 5.30. The fraction of sp³-hybridized carbons (Fsp3) is 0. The molecule has 5 nitrogen and oxygen atoms in total. The van der Waals surface area contributed by atoms with Crippen LogP contribution < -0.4 is 4.72 Å². The van der Waals surface area contributed by atoms with E-state index in [4.69, 9.17) is 5.11 Å². The van der Waals surface area contributed by atoms with Crippen LogP contribution in [-0.4, -0.2) is 18.6 Å². The maximum Gasteiger partial charge on any atom is 0.262 e. The van der Waals surface area contributed by atoms with E-state index in [1.54, 1.807) is 18.2 Å². The lowest BCUT2D eigenvalue weighted by Gasteiger charge is -2.09. The van der Waals surface area contributed by atoms with Gasteiger partial charge >= 0.3 is 0 Å². The number of sulfonamides is 1. The molecule has 0 unspecified atom stereocenters. The van der Waals surface area contributed by atoms with Crippen molar-refractivity contribution in [2.45, 2.75) is 4.90 Å². The number of rotatable bonds is 3. The summed E-state index contributed by atoms with van der Waals surface area (Å²) in [7, 11) is -3.74. The minimum atomic E-state index is -3.74. The van der Waals surface area contributed by atoms with E-state index >= 15 is 0 Å². The maximum absolute atomic E-state index is 12.0. The standard InChI is InChI=1S/C12H11NO4S/c14-9-6-7-11(12(15)8-9)13-18(16,17)10-4-2-1-3-5-10/h1-8,13-15H. The molecule has 0 spiro atoms. The van der Waals surface area contributed by atoms with Gasteiger partial charge in [-0.25, -0.2) is 8.42 Å². The molecule has 2 aromatic rings. The molecule has 0 fully saturated rings. The molecule has 0 aliphatic heterocycles. The number of aromatic hydroxyl groups is 2. The summed E-state index contributed by atoms with van der Waals surface area (Å²) in [5, 5.41) is 18.6. The van der Waals surface area contributed by atoms with Crippen molar-refractivity contribution in [3.63, 3.8) is 0 Å². The fourth-order valence-electron chi connectivity index (χ4n) is 1.41. The molecule has 2 rings (SSSR count). The number of anilines is 1. The van der Waals surface area contributed by atoms with Crippen LogP contribution >= 0.6 is 0 Å². The Morgan fingerprint density at radius 1 is 0.944 bits per heavy atom. The SMILES string of the molecule is O=S(=O)(Nc1ccc(O)cc1O)c1ccccc1. The molecule has 0 aliphatic carbocycles. The highest BCUT2D eigenvalue weighted by Gasteiger charge is 2.15. The van der Waals surface area contributed by atoms with Gasteiger partial charge in [0.2, 0.25) is 0 Å². The van der Waals surface area contributed by atoms with Gasteiger partial charge in [-0.15, -0.1) is 0 Å². The summed E-state index contributed by atoms with van der Waals surface area (Å²) < 4.78 is 26.1. The lowest BCUT2D eigenvalue weighted by Crippen LogP contribution is -2.12. The van der Waals surface area contributed by atoms with Crippen molar-refractivity contribution >= 4 is 15.7 Å². The first-order valence-electron chi connectivity index (χ1n) is 5.09. The highest BCUT2D eigenvalue weighted by atomic mass is 32.2. The first kappa shape index (κ1) is 12.3. The molecule has 0 radical (unpaired) electrons. The third kappa shape index (κ3) is 2.54. The summed E-state index contributed by atoms with van der Waals surface area (Å²) in [4.78, 5) is 0.0949. The van der Waals surface area contributed by atoms with E-state index in [2.05, 4.69) is 4.72 Å². The molecule has 0 aromatic heterocycles. The average Bonchev–Trinajstić information content (AvgIpc) is 2.34. The Bertz CT molecular complexity index is 653. The monoisotopic (exact) mass is 265 g/mol. The van der Waals surface area contributed by atoms with Gasteiger partial charge in [0.05, 0.1) is 10.6 Å². The molecule has 0 saturated carbocycles. The topological polar surface area (TPSA) is 86.6 Å². The predicted octanol–water partition coefficient (Wildman–Crippen LogP) is 1.90. The average molecular weight is 265 g/mol. The molecule has 18 heavy (non-hydrogen) atoms. The predicted molar refractivity (Wildman–Crippen MR) is 67.0 cm³/mol. The highest BCUT2D eigenvalue weighted by molar-refractivity contribution is 7.92. The highest BCUT2D eigenvalue weighted by Crippen LogP contribution is 2.29. The lowest BCUT2D eigenvalue weighted by molar-refractivity contribution is 0.452. The smallest absolute Gasteiger partial charge is 0.262 e. The van der Waals surface area contributed by atoms with Crippen molar-refractivity contribution in [1.29, 1.82) is 0 Å². The van der Waals surface area contributed by atoms with E-state index in [0.717, 1.165) is 6.07 Å². The molecular formula is C12H11NO4S. The van der Waals surface area contributed by atoms with Crippen LogP contribution in [0.2, 0.25) is 0 Å². The van der Waals surface area contributed by atoms with E-state index in [-0.39, 0.29) is 22.1 Å². The lowest BCUT2D eigenvalue weighted by atomic mass is 10.3. The van der Waals surface area contributed by atoms with Crippen LogP contribution in [0.15, 0.2) is 53.4 Å². The zero-order valence-electron chi connectivity index (χ0n) is 9.24. The van der Waals surface area contributed by atoms with Crippen molar-refractivity contribution < 1.29 is 18.6 Å². The first-order valence-corrected chi connectivity index (χ1v) is 6.57. The van der Waals surface area contributed by atoms with Gasteiger partial charge in [0.25, 0.3) is 10.0 Å². The zero-order chi connectivity index (χ0) is 13.2. The molecule has 94 valence electrons. The van der Waals surface area contributed by atoms with Crippen molar-refractivity contribution in [3.05, 3.63) is 48.5 Å². The van der Waals surface area contributed by atoms with Gasteiger partial charge in [0, 0.05) is 6.07 Å². The molecular weight excluding hydrogens is 254 g/mol. The van der Waals surface area contributed by atoms with Crippen molar-refractivity contribution in [3.8, 4) is 11.5 Å². The molecule has 3 N–H and O–H groups in total. The van der Waals surface area contributed by atoms with Crippen molar-refractivity contribution in [2.75, 3.05) is 4.72 Å². The van der Waals surface area contributed by atoms with Gasteiger partial charge in [0.1, 0.15) is 11.5 Å². The van der Waals surface area contributed by atoms with E-state index in [9.17, 15) is 13.5 Å². The van der Waals surface area contributed by atoms with Gasteiger partial charge in [0.15, 0.2) is 0 Å². The Labute approximate surface area is 104 Å². The van der Waals surface area contributed by atoms with Gasteiger partial charge < -0.3 is 10.2 Å². The number of nitrogens with one attached hydrogen (secondary N) is 1. The number of hydrogen-bond donors (Lipinski definition) is 3. The maximum atomic E-state index is 12.0. The Balaban J connectivity index is 2.34. The van der Waals surface area contributed by atoms with Crippen LogP contribution in [0.25, 0.3) is 0 Å². The summed E-state index contributed by atoms with van der Waals surface area (Å²) in [6, 6.07) is 11.4. The third-order valence-corrected chi connectivity index (χ3v) is 3.66. The molecule has 0 saturated heterocycles. The van der Waals surface area contributed by atoms with Crippen LogP contribution in [0.1, 0.15) is 0 Å². The second-order valence-electron chi connectivity index (χ2n) is 3.62. The summed E-state index contributed by atoms with van der Waals surface area (Å²) in [5.74, 6) is -0.482. The molecule has 0 bridgehead atoms. The largest absolute Gasteiger partial charge is 0.508 e. The number of hydrogen-bond acceptors (Lipinski definition) is 4. The molecule has 2 aromatic carbocycles. The molecule has 0 atom stereocenters. The van der Waals surface area contributed by atoms with Gasteiger partial charge in [-0.2, -0.15) is 0 Å². The quantitative estimate of drug-likeness (QED) is 0.584. The van der Waals surface area contributed by atoms with E-state index < -0.39 is 10.0 Å². The Hall–Kier alpha value is -2.21. The van der Waals surface area contributed by atoms with E-state index in [0.29, 0.717) is 0 Å². The van der Waals surface area contributed by atoms with Gasteiger partial charge in [-0.1, -0.05) is 18.2 Å². The van der Waals surface area contributed by atoms with Crippen LogP contribution in [0.5, 0.6) is 11.5 Å². The number of phenolic OH excluding ortho intramolecular Hbond substituents is 2. The van der Waals surface area contributed by atoms with Crippen LogP contribution in [0.4, 0.5) is 5.69 Å². The van der Waals surface area contributed by atoms with E-state index in [1.807, 2.05) is 0 Å². The van der Waals surface area contributed by atoms with Gasteiger partial charge in [-0.3, -0.25) is 4.72 Å². The first-order chi connectivity index (χ1) is 8.49. The van der Waals surface area contributed by atoms with Crippen molar-refractivity contribution in [2.24, 2.45) is 0 Å². The van der Waals surface area contributed by atoms with Crippen LogP contribution in [0.3, 0.4) is 0 Å². The molecule has 0 heterocycles. The molecule has 6 heteroatoms. The van der Waals surface area contributed by atoms with Crippen molar-refractivity contribution in [1.82, 2.24) is 0 Å². The second kappa shape index (κ2) is 4.58.